The van der Waals surface area contributed by atoms with Crippen molar-refractivity contribution in [3.8, 4) is 0 Å². The molecule has 0 bridgehead atoms. The van der Waals surface area contributed by atoms with Gasteiger partial charge >= 0.3 is 0 Å². The molecule has 0 unspecified atom stereocenters. The van der Waals surface area contributed by atoms with Crippen molar-refractivity contribution >= 4 is 38.9 Å². The highest BCUT2D eigenvalue weighted by Gasteiger charge is 2.15. The molecule has 3 aromatic rings. The van der Waals surface area contributed by atoms with Crippen molar-refractivity contribution in [1.29, 1.82) is 0 Å². The summed E-state index contributed by atoms with van der Waals surface area (Å²) < 4.78 is 27.6. The summed E-state index contributed by atoms with van der Waals surface area (Å²) in [6.07, 6.45) is 0.973. The lowest BCUT2D eigenvalue weighted by atomic mass is 9.86. The van der Waals surface area contributed by atoms with Crippen LogP contribution in [0.3, 0.4) is 0 Å². The van der Waals surface area contributed by atoms with Gasteiger partial charge in [-0.2, -0.15) is 0 Å². The van der Waals surface area contributed by atoms with Crippen LogP contribution in [0.4, 0.5) is 11.4 Å². The second kappa shape index (κ2) is 9.76. The summed E-state index contributed by atoms with van der Waals surface area (Å²) in [6.45, 7) is 6.50. The Morgan fingerprint density at radius 2 is 1.41 bits per heavy atom. The molecule has 0 aliphatic heterocycles. The molecule has 0 saturated carbocycles. The van der Waals surface area contributed by atoms with Gasteiger partial charge in [-0.1, -0.05) is 56.6 Å². The second-order valence-corrected chi connectivity index (χ2v) is 10.8. The fourth-order valence-corrected chi connectivity index (χ4v) is 4.29. The Kier molecular flexibility index (Phi) is 7.26. The zero-order chi connectivity index (χ0) is 23.4. The molecule has 5 nitrogen and oxygen atoms in total. The molecular weight excluding hydrogens is 444 g/mol. The average Bonchev–Trinajstić information content (AvgIpc) is 2.74. The molecular formula is C25H27ClN2O3S. The van der Waals surface area contributed by atoms with Crippen LogP contribution in [0.2, 0.25) is 5.02 Å². The molecule has 0 radical (unpaired) electrons. The van der Waals surface area contributed by atoms with Crippen LogP contribution in [0, 0.1) is 0 Å². The Morgan fingerprint density at radius 3 is 1.97 bits per heavy atom. The van der Waals surface area contributed by atoms with Crippen molar-refractivity contribution < 1.29 is 13.2 Å². The summed E-state index contributed by atoms with van der Waals surface area (Å²) in [5.74, 6) is -0.125. The molecule has 2 N–H and O–H groups in total. The molecule has 0 atom stereocenters. The van der Waals surface area contributed by atoms with Gasteiger partial charge in [0.1, 0.15) is 0 Å². The number of halogens is 1. The first-order chi connectivity index (χ1) is 15.0. The maximum atomic E-state index is 12.5. The van der Waals surface area contributed by atoms with E-state index in [1.807, 2.05) is 0 Å². The van der Waals surface area contributed by atoms with Crippen LogP contribution in [0.5, 0.6) is 0 Å². The van der Waals surface area contributed by atoms with Gasteiger partial charge < -0.3 is 5.32 Å². The zero-order valence-electron chi connectivity index (χ0n) is 18.4. The predicted molar refractivity (Wildman–Crippen MR) is 131 cm³/mol. The van der Waals surface area contributed by atoms with E-state index in [4.69, 9.17) is 11.6 Å². The van der Waals surface area contributed by atoms with Crippen molar-refractivity contribution in [1.82, 2.24) is 0 Å². The Labute approximate surface area is 194 Å². The third kappa shape index (κ3) is 6.58. The van der Waals surface area contributed by atoms with Crippen LogP contribution >= 0.6 is 11.6 Å². The van der Waals surface area contributed by atoms with Crippen molar-refractivity contribution in [2.45, 2.75) is 43.9 Å². The molecule has 3 aromatic carbocycles. The first kappa shape index (κ1) is 23.8. The van der Waals surface area contributed by atoms with Gasteiger partial charge in [0.25, 0.3) is 10.0 Å². The maximum absolute atomic E-state index is 12.5. The maximum Gasteiger partial charge on any atom is 0.261 e. The third-order valence-electron chi connectivity index (χ3n) is 5.01. The van der Waals surface area contributed by atoms with Crippen LogP contribution in [0.25, 0.3) is 0 Å². The molecule has 168 valence electrons. The van der Waals surface area contributed by atoms with E-state index in [2.05, 4.69) is 55.1 Å². The number of anilines is 2. The Hall–Kier alpha value is -2.83. The number of aryl methyl sites for hydroxylation is 1. The molecule has 0 aliphatic rings. The first-order valence-electron chi connectivity index (χ1n) is 10.3. The summed E-state index contributed by atoms with van der Waals surface area (Å²) in [5, 5.41) is 3.34. The highest BCUT2D eigenvalue weighted by Crippen LogP contribution is 2.23. The van der Waals surface area contributed by atoms with Crippen LogP contribution < -0.4 is 10.0 Å². The van der Waals surface area contributed by atoms with Crippen molar-refractivity contribution in [2.24, 2.45) is 0 Å². The topological polar surface area (TPSA) is 75.3 Å². The first-order valence-corrected chi connectivity index (χ1v) is 12.2. The summed E-state index contributed by atoms with van der Waals surface area (Å²) in [6, 6.07) is 20.8. The number of carbonyl (C=O) groups is 1. The van der Waals surface area contributed by atoms with E-state index in [-0.39, 0.29) is 16.2 Å². The van der Waals surface area contributed by atoms with E-state index in [0.717, 1.165) is 5.56 Å². The Morgan fingerprint density at radius 1 is 0.844 bits per heavy atom. The van der Waals surface area contributed by atoms with Crippen molar-refractivity contribution in [2.75, 3.05) is 10.0 Å². The highest BCUT2D eigenvalue weighted by atomic mass is 35.5. The number of benzene rings is 3. The molecule has 0 saturated heterocycles. The molecule has 0 aliphatic carbocycles. The lowest BCUT2D eigenvalue weighted by molar-refractivity contribution is -0.116. The van der Waals surface area contributed by atoms with Gasteiger partial charge in [0, 0.05) is 22.8 Å². The minimum Gasteiger partial charge on any atom is -0.326 e. The number of sulfonamides is 1. The summed E-state index contributed by atoms with van der Waals surface area (Å²) in [7, 11) is -3.74. The van der Waals surface area contributed by atoms with Crippen LogP contribution in [0.15, 0.2) is 77.7 Å². The number of carbonyl (C=O) groups excluding carboxylic acids is 1. The quantitative estimate of drug-likeness (QED) is 0.444. The van der Waals surface area contributed by atoms with Crippen LogP contribution in [0.1, 0.15) is 38.3 Å². The minimum absolute atomic E-state index is 0.0971. The monoisotopic (exact) mass is 470 g/mol. The van der Waals surface area contributed by atoms with E-state index in [9.17, 15) is 13.2 Å². The van der Waals surface area contributed by atoms with E-state index >= 15 is 0 Å². The molecule has 0 fully saturated rings. The van der Waals surface area contributed by atoms with Crippen molar-refractivity contribution in [3.05, 3.63) is 88.9 Å². The molecule has 3 rings (SSSR count). The molecule has 0 aromatic heterocycles. The van der Waals surface area contributed by atoms with Gasteiger partial charge in [0.15, 0.2) is 0 Å². The Balaban J connectivity index is 1.55. The summed E-state index contributed by atoms with van der Waals surface area (Å²) in [4.78, 5) is 12.4. The van der Waals surface area contributed by atoms with Crippen molar-refractivity contribution in [3.63, 3.8) is 0 Å². The molecule has 0 heterocycles. The fourth-order valence-electron chi connectivity index (χ4n) is 3.10. The standard InChI is InChI=1S/C25H27ClN2O3S/c1-25(2,3)19-7-4-18(5-8-19)6-17-24(29)27-21-13-15-23(16-14-21)32(30,31)28-22-11-9-20(26)10-12-22/h4-5,7-16,28H,6,17H2,1-3H3,(H,27,29). The molecule has 7 heteroatoms. The smallest absolute Gasteiger partial charge is 0.261 e. The van der Waals surface area contributed by atoms with Gasteiger partial charge in [-0.25, -0.2) is 8.42 Å². The van der Waals surface area contributed by atoms with E-state index in [1.54, 1.807) is 36.4 Å². The summed E-state index contributed by atoms with van der Waals surface area (Å²) >= 11 is 5.83. The lowest BCUT2D eigenvalue weighted by Gasteiger charge is -2.19. The average molecular weight is 471 g/mol. The van der Waals surface area contributed by atoms with Gasteiger partial charge in [0.2, 0.25) is 5.91 Å². The Bertz CT molecular complexity index is 1170. The number of amides is 1. The van der Waals surface area contributed by atoms with E-state index in [1.165, 1.54) is 17.7 Å². The zero-order valence-corrected chi connectivity index (χ0v) is 19.9. The molecule has 32 heavy (non-hydrogen) atoms. The number of nitrogens with one attached hydrogen (secondary N) is 2. The number of hydrogen-bond donors (Lipinski definition) is 2. The van der Waals surface area contributed by atoms with Gasteiger partial charge in [0.05, 0.1) is 4.90 Å². The normalized spacial score (nSPS) is 11.8. The second-order valence-electron chi connectivity index (χ2n) is 8.63. The van der Waals surface area contributed by atoms with Crippen LogP contribution in [-0.4, -0.2) is 14.3 Å². The minimum atomic E-state index is -3.74. The molecule has 0 spiro atoms. The SMILES string of the molecule is CC(C)(C)c1ccc(CCC(=O)Nc2ccc(S(=O)(=O)Nc3ccc(Cl)cc3)cc2)cc1. The van der Waals surface area contributed by atoms with E-state index < -0.39 is 10.0 Å². The van der Waals surface area contributed by atoms with Crippen LogP contribution in [-0.2, 0) is 26.7 Å². The molecule has 1 amide bonds. The van der Waals surface area contributed by atoms with E-state index in [0.29, 0.717) is 29.2 Å². The highest BCUT2D eigenvalue weighted by molar-refractivity contribution is 7.92. The third-order valence-corrected chi connectivity index (χ3v) is 6.65. The largest absolute Gasteiger partial charge is 0.326 e. The van der Waals surface area contributed by atoms with Gasteiger partial charge in [-0.15, -0.1) is 0 Å². The van der Waals surface area contributed by atoms with Gasteiger partial charge in [-0.3, -0.25) is 9.52 Å². The number of hydrogen-bond acceptors (Lipinski definition) is 3. The lowest BCUT2D eigenvalue weighted by Crippen LogP contribution is -2.14. The number of rotatable bonds is 7. The predicted octanol–water partition coefficient (Wildman–Crippen LogP) is 6.01. The summed E-state index contributed by atoms with van der Waals surface area (Å²) in [5.41, 5.74) is 3.42. The van der Waals surface area contributed by atoms with Gasteiger partial charge in [-0.05, 0) is 71.5 Å². The fraction of sp³-hybridized carbons (Fsp3) is 0.240.